The van der Waals surface area contributed by atoms with Crippen molar-refractivity contribution in [3.05, 3.63) is 53.6 Å². The zero-order valence-corrected chi connectivity index (χ0v) is 14.2. The van der Waals surface area contributed by atoms with Crippen LogP contribution in [-0.4, -0.2) is 41.3 Å². The summed E-state index contributed by atoms with van der Waals surface area (Å²) in [5.41, 5.74) is 2.33. The van der Waals surface area contributed by atoms with Crippen LogP contribution in [0.1, 0.15) is 25.1 Å². The molecule has 24 heavy (non-hydrogen) atoms. The van der Waals surface area contributed by atoms with Crippen LogP contribution in [0.4, 0.5) is 10.3 Å². The standard InChI is InChI=1S/C18H21FN4O/c1-12(2)21-18-20-10-9-16(22-18)15(11-24)17(23(3)4)13-5-7-14(19)8-6-13/h5-12H,1-4H3,(H,20,21,22). The van der Waals surface area contributed by atoms with Gasteiger partial charge in [0.25, 0.3) is 0 Å². The van der Waals surface area contributed by atoms with Crippen molar-refractivity contribution in [3.8, 4) is 0 Å². The number of aldehydes is 1. The maximum absolute atomic E-state index is 13.2. The summed E-state index contributed by atoms with van der Waals surface area (Å²) in [4.78, 5) is 22.2. The SMILES string of the molecule is CC(C)Nc1nccc(C(C=O)=C(c2ccc(F)cc2)N(C)C)n1. The summed E-state index contributed by atoms with van der Waals surface area (Å²) in [5, 5.41) is 3.12. The zero-order valence-electron chi connectivity index (χ0n) is 14.2. The van der Waals surface area contributed by atoms with E-state index in [4.69, 9.17) is 0 Å². The van der Waals surface area contributed by atoms with Gasteiger partial charge in [-0.15, -0.1) is 0 Å². The van der Waals surface area contributed by atoms with E-state index in [1.54, 1.807) is 24.4 Å². The number of allylic oxidation sites excluding steroid dienone is 1. The third kappa shape index (κ3) is 4.16. The number of nitrogens with one attached hydrogen (secondary N) is 1. The third-order valence-corrected chi connectivity index (χ3v) is 3.29. The van der Waals surface area contributed by atoms with Gasteiger partial charge < -0.3 is 10.2 Å². The van der Waals surface area contributed by atoms with Gasteiger partial charge in [0, 0.05) is 26.3 Å². The molecule has 2 aromatic rings. The first-order valence-electron chi connectivity index (χ1n) is 7.65. The second kappa shape index (κ2) is 7.68. The number of carbonyl (C=O) groups excluding carboxylic acids is 1. The number of hydrogen-bond acceptors (Lipinski definition) is 5. The number of aromatic nitrogens is 2. The number of benzene rings is 1. The predicted molar refractivity (Wildman–Crippen MR) is 93.8 cm³/mol. The summed E-state index contributed by atoms with van der Waals surface area (Å²) in [6.45, 7) is 3.96. The van der Waals surface area contributed by atoms with Gasteiger partial charge in [-0.25, -0.2) is 14.4 Å². The fraction of sp³-hybridized carbons (Fsp3) is 0.278. The molecule has 0 aliphatic carbocycles. The summed E-state index contributed by atoms with van der Waals surface area (Å²) in [6.07, 6.45) is 2.37. The van der Waals surface area contributed by atoms with Crippen LogP contribution in [0.15, 0.2) is 36.5 Å². The average molecular weight is 328 g/mol. The Morgan fingerprint density at radius 3 is 2.42 bits per heavy atom. The van der Waals surface area contributed by atoms with Crippen molar-refractivity contribution in [2.45, 2.75) is 19.9 Å². The van der Waals surface area contributed by atoms with Crippen LogP contribution in [0.25, 0.3) is 11.3 Å². The number of nitrogens with zero attached hydrogens (tertiary/aromatic N) is 3. The van der Waals surface area contributed by atoms with E-state index in [1.807, 2.05) is 32.8 Å². The van der Waals surface area contributed by atoms with Gasteiger partial charge >= 0.3 is 0 Å². The minimum absolute atomic E-state index is 0.175. The Balaban J connectivity index is 2.58. The zero-order chi connectivity index (χ0) is 17.7. The molecule has 0 bridgehead atoms. The molecule has 0 saturated heterocycles. The van der Waals surface area contributed by atoms with Crippen LogP contribution in [0.5, 0.6) is 0 Å². The first kappa shape index (κ1) is 17.6. The molecule has 1 N–H and O–H groups in total. The largest absolute Gasteiger partial charge is 0.377 e. The highest BCUT2D eigenvalue weighted by Crippen LogP contribution is 2.26. The molecule has 0 atom stereocenters. The number of halogens is 1. The first-order chi connectivity index (χ1) is 11.4. The van der Waals surface area contributed by atoms with Gasteiger partial charge in [-0.05, 0) is 49.7 Å². The maximum atomic E-state index is 13.2. The van der Waals surface area contributed by atoms with Crippen molar-refractivity contribution < 1.29 is 9.18 Å². The summed E-state index contributed by atoms with van der Waals surface area (Å²) < 4.78 is 13.2. The van der Waals surface area contributed by atoms with Gasteiger partial charge in [-0.1, -0.05) is 0 Å². The summed E-state index contributed by atoms with van der Waals surface area (Å²) in [7, 11) is 3.66. The lowest BCUT2D eigenvalue weighted by Crippen LogP contribution is -2.15. The molecule has 126 valence electrons. The van der Waals surface area contributed by atoms with Gasteiger partial charge in [0.15, 0.2) is 6.29 Å². The van der Waals surface area contributed by atoms with E-state index in [-0.39, 0.29) is 11.9 Å². The van der Waals surface area contributed by atoms with Crippen molar-refractivity contribution in [1.29, 1.82) is 0 Å². The van der Waals surface area contributed by atoms with E-state index in [0.717, 1.165) is 11.8 Å². The predicted octanol–water partition coefficient (Wildman–Crippen LogP) is 3.06. The summed E-state index contributed by atoms with van der Waals surface area (Å²) in [6, 6.07) is 7.88. The quantitative estimate of drug-likeness (QED) is 0.652. The Hall–Kier alpha value is -2.76. The number of carbonyl (C=O) groups is 1. The van der Waals surface area contributed by atoms with Crippen molar-refractivity contribution in [2.75, 3.05) is 19.4 Å². The molecule has 0 radical (unpaired) electrons. The number of anilines is 1. The lowest BCUT2D eigenvalue weighted by molar-refractivity contribution is -0.103. The van der Waals surface area contributed by atoms with E-state index >= 15 is 0 Å². The van der Waals surface area contributed by atoms with Crippen LogP contribution < -0.4 is 5.32 Å². The number of hydrogen-bond donors (Lipinski definition) is 1. The second-order valence-corrected chi connectivity index (χ2v) is 5.85. The monoisotopic (exact) mass is 328 g/mol. The van der Waals surface area contributed by atoms with Gasteiger partial charge in [-0.2, -0.15) is 0 Å². The molecule has 0 aliphatic rings. The van der Waals surface area contributed by atoms with E-state index in [0.29, 0.717) is 22.9 Å². The first-order valence-corrected chi connectivity index (χ1v) is 7.65. The molecule has 0 unspecified atom stereocenters. The highest BCUT2D eigenvalue weighted by molar-refractivity contribution is 6.16. The minimum atomic E-state index is -0.324. The second-order valence-electron chi connectivity index (χ2n) is 5.85. The van der Waals surface area contributed by atoms with Crippen LogP contribution >= 0.6 is 0 Å². The molecule has 1 heterocycles. The molecule has 1 aromatic carbocycles. The van der Waals surface area contributed by atoms with E-state index in [9.17, 15) is 9.18 Å². The summed E-state index contributed by atoms with van der Waals surface area (Å²) >= 11 is 0. The Morgan fingerprint density at radius 2 is 1.88 bits per heavy atom. The van der Waals surface area contributed by atoms with Crippen LogP contribution in [0.2, 0.25) is 0 Å². The lowest BCUT2D eigenvalue weighted by Gasteiger charge is -2.20. The molecular weight excluding hydrogens is 307 g/mol. The molecule has 0 fully saturated rings. The van der Waals surface area contributed by atoms with Crippen molar-refractivity contribution in [2.24, 2.45) is 0 Å². The topological polar surface area (TPSA) is 58.1 Å². The van der Waals surface area contributed by atoms with E-state index in [1.165, 1.54) is 12.1 Å². The molecule has 5 nitrogen and oxygen atoms in total. The highest BCUT2D eigenvalue weighted by atomic mass is 19.1. The fourth-order valence-electron chi connectivity index (χ4n) is 2.34. The van der Waals surface area contributed by atoms with Crippen LogP contribution in [-0.2, 0) is 4.79 Å². The minimum Gasteiger partial charge on any atom is -0.377 e. The Morgan fingerprint density at radius 1 is 1.21 bits per heavy atom. The molecular formula is C18H21FN4O. The molecule has 6 heteroatoms. The molecule has 0 amide bonds. The summed E-state index contributed by atoms with van der Waals surface area (Å²) in [5.74, 6) is 0.133. The highest BCUT2D eigenvalue weighted by Gasteiger charge is 2.15. The molecule has 0 spiro atoms. The molecule has 2 rings (SSSR count). The van der Waals surface area contributed by atoms with Crippen molar-refractivity contribution in [3.63, 3.8) is 0 Å². The van der Waals surface area contributed by atoms with Gasteiger partial charge in [0.05, 0.1) is 17.0 Å². The normalized spacial score (nSPS) is 11.9. The van der Waals surface area contributed by atoms with E-state index in [2.05, 4.69) is 15.3 Å². The molecule has 1 aromatic heterocycles. The van der Waals surface area contributed by atoms with Crippen LogP contribution in [0.3, 0.4) is 0 Å². The lowest BCUT2D eigenvalue weighted by atomic mass is 10.0. The Labute approximate surface area is 141 Å². The van der Waals surface area contributed by atoms with E-state index < -0.39 is 0 Å². The fourth-order valence-corrected chi connectivity index (χ4v) is 2.34. The smallest absolute Gasteiger partial charge is 0.223 e. The van der Waals surface area contributed by atoms with Crippen molar-refractivity contribution >= 4 is 23.5 Å². The average Bonchev–Trinajstić information content (AvgIpc) is 2.53. The Kier molecular flexibility index (Phi) is 5.63. The van der Waals surface area contributed by atoms with Gasteiger partial charge in [0.2, 0.25) is 5.95 Å². The number of rotatable bonds is 6. The molecule has 0 aliphatic heterocycles. The van der Waals surface area contributed by atoms with Gasteiger partial charge in [-0.3, -0.25) is 4.79 Å². The Bertz CT molecular complexity index is 739. The molecule has 0 saturated carbocycles. The van der Waals surface area contributed by atoms with Gasteiger partial charge in [0.1, 0.15) is 5.82 Å². The van der Waals surface area contributed by atoms with Crippen molar-refractivity contribution in [1.82, 2.24) is 14.9 Å². The van der Waals surface area contributed by atoms with Crippen LogP contribution in [0, 0.1) is 5.82 Å². The third-order valence-electron chi connectivity index (χ3n) is 3.29. The maximum Gasteiger partial charge on any atom is 0.223 e.